The van der Waals surface area contributed by atoms with Gasteiger partial charge in [-0.1, -0.05) is 0 Å². The Morgan fingerprint density at radius 2 is 2.00 bits per heavy atom. The summed E-state index contributed by atoms with van der Waals surface area (Å²) in [5.41, 5.74) is 1.28. The van der Waals surface area contributed by atoms with Crippen molar-refractivity contribution in [3.63, 3.8) is 0 Å². The third kappa shape index (κ3) is 2.56. The summed E-state index contributed by atoms with van der Waals surface area (Å²) >= 11 is 2.24. The molecule has 0 saturated carbocycles. The average Bonchev–Trinajstić information content (AvgIpc) is 2.33. The minimum absolute atomic E-state index is 0.0809. The average molecular weight is 361 g/mol. The Hall–Kier alpha value is -0.200. The van der Waals surface area contributed by atoms with Crippen LogP contribution in [0.3, 0.4) is 0 Å². The van der Waals surface area contributed by atoms with Crippen LogP contribution in [-0.2, 0) is 11.3 Å². The van der Waals surface area contributed by atoms with Gasteiger partial charge in [0.1, 0.15) is 5.82 Å². The van der Waals surface area contributed by atoms with Gasteiger partial charge in [0.2, 0.25) is 0 Å². The highest BCUT2D eigenvalue weighted by molar-refractivity contribution is 14.1. The van der Waals surface area contributed by atoms with Gasteiger partial charge >= 0.3 is 0 Å². The van der Waals surface area contributed by atoms with Crippen molar-refractivity contribution in [2.24, 2.45) is 5.41 Å². The van der Waals surface area contributed by atoms with Crippen LogP contribution in [0, 0.1) is 14.8 Å². The molecule has 2 aliphatic heterocycles. The molecule has 1 spiro atoms. The molecule has 0 aliphatic carbocycles. The van der Waals surface area contributed by atoms with Gasteiger partial charge in [-0.3, -0.25) is 4.90 Å². The number of ether oxygens (including phenoxy) is 1. The molecule has 4 heteroatoms. The highest BCUT2D eigenvalue weighted by Gasteiger charge is 2.40. The lowest BCUT2D eigenvalue weighted by Crippen LogP contribution is -2.50. The summed E-state index contributed by atoms with van der Waals surface area (Å²) in [5.74, 6) is -0.0809. The summed E-state index contributed by atoms with van der Waals surface area (Å²) in [6, 6.07) is 5.34. The second-order valence-electron chi connectivity index (χ2n) is 5.50. The standard InChI is InChI=1S/C14H17FINO/c15-13-2-1-12(16)7-11(13)8-17-5-3-14(4-6-17)9-18-10-14/h1-2,7H,3-6,8-10H2. The smallest absolute Gasteiger partial charge is 0.127 e. The van der Waals surface area contributed by atoms with Crippen LogP contribution in [0.5, 0.6) is 0 Å². The van der Waals surface area contributed by atoms with Gasteiger partial charge in [-0.25, -0.2) is 4.39 Å². The lowest BCUT2D eigenvalue weighted by atomic mass is 9.77. The van der Waals surface area contributed by atoms with Crippen molar-refractivity contribution >= 4 is 22.6 Å². The summed E-state index contributed by atoms with van der Waals surface area (Å²) in [5, 5.41) is 0. The summed E-state index contributed by atoms with van der Waals surface area (Å²) in [7, 11) is 0. The first-order valence-corrected chi connectivity index (χ1v) is 7.49. The van der Waals surface area contributed by atoms with Gasteiger partial charge in [0, 0.05) is 21.1 Å². The molecule has 1 aromatic carbocycles. The van der Waals surface area contributed by atoms with Crippen molar-refractivity contribution in [1.29, 1.82) is 0 Å². The van der Waals surface area contributed by atoms with Crippen molar-refractivity contribution in [2.45, 2.75) is 19.4 Å². The molecule has 0 amide bonds. The van der Waals surface area contributed by atoms with Crippen molar-refractivity contribution in [2.75, 3.05) is 26.3 Å². The molecule has 0 bridgehead atoms. The van der Waals surface area contributed by atoms with E-state index in [4.69, 9.17) is 4.74 Å². The Morgan fingerprint density at radius 3 is 2.61 bits per heavy atom. The largest absolute Gasteiger partial charge is 0.380 e. The number of hydrogen-bond donors (Lipinski definition) is 0. The molecule has 0 atom stereocenters. The quantitative estimate of drug-likeness (QED) is 0.751. The van der Waals surface area contributed by atoms with E-state index < -0.39 is 0 Å². The third-order valence-corrected chi connectivity index (χ3v) is 4.81. The van der Waals surface area contributed by atoms with Gasteiger partial charge in [0.25, 0.3) is 0 Å². The molecule has 3 rings (SSSR count). The van der Waals surface area contributed by atoms with Gasteiger partial charge in [-0.15, -0.1) is 0 Å². The second-order valence-corrected chi connectivity index (χ2v) is 6.75. The maximum absolute atomic E-state index is 13.7. The zero-order chi connectivity index (χ0) is 12.6. The zero-order valence-electron chi connectivity index (χ0n) is 10.3. The van der Waals surface area contributed by atoms with E-state index in [2.05, 4.69) is 27.5 Å². The summed E-state index contributed by atoms with van der Waals surface area (Å²) in [6.07, 6.45) is 2.39. The summed E-state index contributed by atoms with van der Waals surface area (Å²) in [4.78, 5) is 2.36. The van der Waals surface area contributed by atoms with E-state index in [0.29, 0.717) is 5.41 Å². The van der Waals surface area contributed by atoms with Crippen LogP contribution in [0.4, 0.5) is 4.39 Å². The molecule has 0 N–H and O–H groups in total. The maximum atomic E-state index is 13.7. The molecule has 0 aromatic heterocycles. The molecule has 2 heterocycles. The molecule has 2 fully saturated rings. The normalized spacial score (nSPS) is 23.0. The van der Waals surface area contributed by atoms with Crippen LogP contribution < -0.4 is 0 Å². The van der Waals surface area contributed by atoms with Crippen molar-refractivity contribution in [3.05, 3.63) is 33.1 Å². The SMILES string of the molecule is Fc1ccc(I)cc1CN1CCC2(CC1)COC2. The van der Waals surface area contributed by atoms with Gasteiger partial charge in [0.05, 0.1) is 13.2 Å². The van der Waals surface area contributed by atoms with Crippen LogP contribution in [0.2, 0.25) is 0 Å². The van der Waals surface area contributed by atoms with Crippen LogP contribution in [-0.4, -0.2) is 31.2 Å². The Labute approximate surface area is 121 Å². The Morgan fingerprint density at radius 1 is 1.28 bits per heavy atom. The molecule has 18 heavy (non-hydrogen) atoms. The molecule has 98 valence electrons. The minimum Gasteiger partial charge on any atom is -0.380 e. The number of rotatable bonds is 2. The highest BCUT2D eigenvalue weighted by Crippen LogP contribution is 2.38. The highest BCUT2D eigenvalue weighted by atomic mass is 127. The molecule has 0 radical (unpaired) electrons. The molecular weight excluding hydrogens is 344 g/mol. The van der Waals surface area contributed by atoms with Gasteiger partial charge in [-0.05, 0) is 66.7 Å². The third-order valence-electron chi connectivity index (χ3n) is 4.13. The minimum atomic E-state index is -0.0809. The fourth-order valence-corrected chi connectivity index (χ4v) is 3.33. The molecule has 1 aromatic rings. The van der Waals surface area contributed by atoms with Crippen LogP contribution >= 0.6 is 22.6 Å². The van der Waals surface area contributed by atoms with Gasteiger partial charge in [0.15, 0.2) is 0 Å². The summed E-state index contributed by atoms with van der Waals surface area (Å²) < 4.78 is 20.1. The number of halogens is 2. The summed E-state index contributed by atoms with van der Waals surface area (Å²) in [6.45, 7) is 4.72. The molecular formula is C14H17FINO. The van der Waals surface area contributed by atoms with E-state index in [1.54, 1.807) is 6.07 Å². The molecule has 2 nitrogen and oxygen atoms in total. The number of piperidine rings is 1. The fraction of sp³-hybridized carbons (Fsp3) is 0.571. The Balaban J connectivity index is 1.62. The number of benzene rings is 1. The van der Waals surface area contributed by atoms with Crippen LogP contribution in [0.1, 0.15) is 18.4 Å². The molecule has 2 saturated heterocycles. The van der Waals surface area contributed by atoms with E-state index in [-0.39, 0.29) is 5.82 Å². The number of hydrogen-bond acceptors (Lipinski definition) is 2. The van der Waals surface area contributed by atoms with E-state index >= 15 is 0 Å². The van der Waals surface area contributed by atoms with Crippen LogP contribution in [0.25, 0.3) is 0 Å². The molecule has 2 aliphatic rings. The Kier molecular flexibility index (Phi) is 3.60. The van der Waals surface area contributed by atoms with Crippen molar-refractivity contribution in [3.8, 4) is 0 Å². The van der Waals surface area contributed by atoms with Crippen LogP contribution in [0.15, 0.2) is 18.2 Å². The van der Waals surface area contributed by atoms with E-state index in [1.165, 1.54) is 12.8 Å². The van der Waals surface area contributed by atoms with Gasteiger partial charge in [-0.2, -0.15) is 0 Å². The van der Waals surface area contributed by atoms with E-state index in [1.807, 2.05) is 12.1 Å². The zero-order valence-corrected chi connectivity index (χ0v) is 12.5. The number of likely N-dealkylation sites (tertiary alicyclic amines) is 1. The maximum Gasteiger partial charge on any atom is 0.127 e. The second kappa shape index (κ2) is 5.06. The predicted molar refractivity (Wildman–Crippen MR) is 76.9 cm³/mol. The lowest BCUT2D eigenvalue weighted by molar-refractivity contribution is -0.140. The monoisotopic (exact) mass is 361 g/mol. The lowest BCUT2D eigenvalue weighted by Gasteiger charge is -2.47. The number of nitrogens with zero attached hydrogens (tertiary/aromatic N) is 1. The van der Waals surface area contributed by atoms with E-state index in [0.717, 1.165) is 42.0 Å². The first-order chi connectivity index (χ1) is 8.67. The first-order valence-electron chi connectivity index (χ1n) is 6.41. The van der Waals surface area contributed by atoms with Crippen molar-refractivity contribution in [1.82, 2.24) is 4.90 Å². The van der Waals surface area contributed by atoms with Gasteiger partial charge < -0.3 is 4.74 Å². The molecule has 0 unspecified atom stereocenters. The Bertz CT molecular complexity index is 437. The van der Waals surface area contributed by atoms with Crippen molar-refractivity contribution < 1.29 is 9.13 Å². The van der Waals surface area contributed by atoms with E-state index in [9.17, 15) is 4.39 Å². The fourth-order valence-electron chi connectivity index (χ4n) is 2.77. The first kappa shape index (κ1) is 12.8. The predicted octanol–water partition coefficient (Wildman–Crippen LogP) is 3.04. The topological polar surface area (TPSA) is 12.5 Å².